The molecule has 78 valence electrons. The molecule has 0 radical (unpaired) electrons. The lowest BCUT2D eigenvalue weighted by molar-refractivity contribution is 0.259. The van der Waals surface area contributed by atoms with Crippen LogP contribution in [0.2, 0.25) is 0 Å². The van der Waals surface area contributed by atoms with Gasteiger partial charge in [-0.1, -0.05) is 0 Å². The first-order valence-electron chi connectivity index (χ1n) is 3.71. The van der Waals surface area contributed by atoms with Crippen LogP contribution in [0.5, 0.6) is 5.75 Å². The number of aliphatic hydroxyl groups excluding tert-OH is 1. The monoisotopic (exact) mass is 207 g/mol. The Bertz CT molecular complexity index is 331. The summed E-state index contributed by atoms with van der Waals surface area (Å²) in [6, 6.07) is -1.15. The standard InChI is InChI=1S/C8H8F3NO2/c9-3-1-4(10)8(14)6(7(3)11)5(12)2-13/h1,5,13-14H,2,12H2. The van der Waals surface area contributed by atoms with Crippen molar-refractivity contribution in [2.45, 2.75) is 6.04 Å². The minimum absolute atomic E-state index is 0.207. The molecule has 0 saturated heterocycles. The van der Waals surface area contributed by atoms with Gasteiger partial charge in [0.1, 0.15) is 0 Å². The van der Waals surface area contributed by atoms with E-state index in [9.17, 15) is 13.2 Å². The largest absolute Gasteiger partial charge is 0.505 e. The van der Waals surface area contributed by atoms with E-state index in [0.717, 1.165) is 0 Å². The summed E-state index contributed by atoms with van der Waals surface area (Å²) in [4.78, 5) is 0. The van der Waals surface area contributed by atoms with Crippen LogP contribution in [-0.4, -0.2) is 16.8 Å². The molecule has 1 unspecified atom stereocenters. The van der Waals surface area contributed by atoms with Crippen molar-refractivity contribution in [1.82, 2.24) is 0 Å². The summed E-state index contributed by atoms with van der Waals surface area (Å²) in [5.74, 6) is -5.31. The molecular weight excluding hydrogens is 199 g/mol. The average Bonchev–Trinajstić information content (AvgIpc) is 2.15. The molecule has 4 N–H and O–H groups in total. The summed E-state index contributed by atoms with van der Waals surface area (Å²) in [5.41, 5.74) is 4.39. The van der Waals surface area contributed by atoms with Gasteiger partial charge in [0, 0.05) is 6.07 Å². The molecule has 1 rings (SSSR count). The van der Waals surface area contributed by atoms with Crippen LogP contribution in [-0.2, 0) is 0 Å². The molecule has 1 aromatic rings. The third-order valence-electron chi connectivity index (χ3n) is 1.75. The molecule has 14 heavy (non-hydrogen) atoms. The number of phenols is 1. The molecule has 3 nitrogen and oxygen atoms in total. The summed E-state index contributed by atoms with van der Waals surface area (Å²) in [6.45, 7) is -0.729. The Morgan fingerprint density at radius 1 is 1.29 bits per heavy atom. The molecule has 0 aliphatic heterocycles. The van der Waals surface area contributed by atoms with Crippen molar-refractivity contribution in [2.75, 3.05) is 6.61 Å². The minimum Gasteiger partial charge on any atom is -0.505 e. The first-order valence-corrected chi connectivity index (χ1v) is 3.71. The van der Waals surface area contributed by atoms with Crippen LogP contribution in [0.1, 0.15) is 11.6 Å². The van der Waals surface area contributed by atoms with E-state index in [4.69, 9.17) is 15.9 Å². The van der Waals surface area contributed by atoms with Crippen molar-refractivity contribution in [2.24, 2.45) is 5.73 Å². The number of aliphatic hydroxyl groups is 1. The summed E-state index contributed by atoms with van der Waals surface area (Å²) in [6.07, 6.45) is 0. The number of nitrogens with two attached hydrogens (primary N) is 1. The first-order chi connectivity index (χ1) is 6.49. The predicted molar refractivity (Wildman–Crippen MR) is 42.0 cm³/mol. The van der Waals surface area contributed by atoms with E-state index in [0.29, 0.717) is 0 Å². The number of benzene rings is 1. The van der Waals surface area contributed by atoms with Crippen LogP contribution in [0, 0.1) is 17.5 Å². The van der Waals surface area contributed by atoms with Gasteiger partial charge < -0.3 is 15.9 Å². The molecule has 0 aliphatic carbocycles. The number of rotatable bonds is 2. The van der Waals surface area contributed by atoms with Gasteiger partial charge in [0.25, 0.3) is 0 Å². The van der Waals surface area contributed by atoms with Crippen molar-refractivity contribution in [1.29, 1.82) is 0 Å². The lowest BCUT2D eigenvalue weighted by atomic mass is 10.1. The lowest BCUT2D eigenvalue weighted by Crippen LogP contribution is -2.17. The Balaban J connectivity index is 3.39. The zero-order chi connectivity index (χ0) is 10.9. The summed E-state index contributed by atoms with van der Waals surface area (Å²) >= 11 is 0. The van der Waals surface area contributed by atoms with E-state index in [-0.39, 0.29) is 6.07 Å². The Labute approximate surface area is 77.6 Å². The molecule has 0 heterocycles. The van der Waals surface area contributed by atoms with Crippen LogP contribution in [0.25, 0.3) is 0 Å². The van der Waals surface area contributed by atoms with E-state index in [1.807, 2.05) is 0 Å². The van der Waals surface area contributed by atoms with E-state index >= 15 is 0 Å². The smallest absolute Gasteiger partial charge is 0.168 e. The summed E-state index contributed by atoms with van der Waals surface area (Å²) in [7, 11) is 0. The zero-order valence-corrected chi connectivity index (χ0v) is 6.97. The average molecular weight is 207 g/mol. The highest BCUT2D eigenvalue weighted by atomic mass is 19.2. The number of halogens is 3. The molecule has 0 aromatic heterocycles. The van der Waals surface area contributed by atoms with Gasteiger partial charge in [-0.15, -0.1) is 0 Å². The molecule has 1 aromatic carbocycles. The fraction of sp³-hybridized carbons (Fsp3) is 0.250. The fourth-order valence-corrected chi connectivity index (χ4v) is 1.03. The zero-order valence-electron chi connectivity index (χ0n) is 6.97. The van der Waals surface area contributed by atoms with Crippen molar-refractivity contribution >= 4 is 0 Å². The first kappa shape index (κ1) is 10.8. The number of hydrogen-bond donors (Lipinski definition) is 3. The van der Waals surface area contributed by atoms with Crippen molar-refractivity contribution in [3.05, 3.63) is 29.1 Å². The van der Waals surface area contributed by atoms with E-state index in [2.05, 4.69) is 0 Å². The summed E-state index contributed by atoms with van der Waals surface area (Å²) < 4.78 is 38.4. The Morgan fingerprint density at radius 2 is 1.86 bits per heavy atom. The molecule has 0 spiro atoms. The van der Waals surface area contributed by atoms with Crippen LogP contribution in [0.15, 0.2) is 6.07 Å². The van der Waals surface area contributed by atoms with E-state index < -0.39 is 41.4 Å². The SMILES string of the molecule is NC(CO)c1c(O)c(F)cc(F)c1F. The molecule has 0 fully saturated rings. The van der Waals surface area contributed by atoms with Gasteiger partial charge in [0.15, 0.2) is 23.2 Å². The van der Waals surface area contributed by atoms with Crippen LogP contribution in [0.4, 0.5) is 13.2 Å². The lowest BCUT2D eigenvalue weighted by Gasteiger charge is -2.12. The third kappa shape index (κ3) is 1.66. The Morgan fingerprint density at radius 3 is 2.36 bits per heavy atom. The molecule has 0 amide bonds. The van der Waals surface area contributed by atoms with Crippen LogP contribution >= 0.6 is 0 Å². The minimum atomic E-state index is -1.46. The van der Waals surface area contributed by atoms with Gasteiger partial charge in [-0.25, -0.2) is 13.2 Å². The van der Waals surface area contributed by atoms with Gasteiger partial charge in [-0.3, -0.25) is 0 Å². The highest BCUT2D eigenvalue weighted by Gasteiger charge is 2.22. The molecular formula is C8H8F3NO2. The maximum atomic E-state index is 13.0. The second-order valence-electron chi connectivity index (χ2n) is 2.71. The molecule has 6 heteroatoms. The third-order valence-corrected chi connectivity index (χ3v) is 1.75. The Hall–Kier alpha value is -1.27. The quantitative estimate of drug-likeness (QED) is 0.628. The van der Waals surface area contributed by atoms with Gasteiger partial charge in [0.05, 0.1) is 18.2 Å². The van der Waals surface area contributed by atoms with E-state index in [1.165, 1.54) is 0 Å². The number of hydrogen-bond acceptors (Lipinski definition) is 3. The highest BCUT2D eigenvalue weighted by Crippen LogP contribution is 2.30. The topological polar surface area (TPSA) is 66.5 Å². The van der Waals surface area contributed by atoms with Crippen molar-refractivity contribution < 1.29 is 23.4 Å². The summed E-state index contributed by atoms with van der Waals surface area (Å²) in [5, 5.41) is 17.6. The van der Waals surface area contributed by atoms with Crippen LogP contribution in [0.3, 0.4) is 0 Å². The van der Waals surface area contributed by atoms with Gasteiger partial charge >= 0.3 is 0 Å². The second-order valence-corrected chi connectivity index (χ2v) is 2.71. The van der Waals surface area contributed by atoms with Gasteiger partial charge in [0.2, 0.25) is 0 Å². The second kappa shape index (κ2) is 3.85. The van der Waals surface area contributed by atoms with Gasteiger partial charge in [-0.2, -0.15) is 0 Å². The van der Waals surface area contributed by atoms with Crippen LogP contribution < -0.4 is 5.73 Å². The van der Waals surface area contributed by atoms with Gasteiger partial charge in [-0.05, 0) is 0 Å². The molecule has 0 aliphatic rings. The predicted octanol–water partition coefficient (Wildman–Crippen LogP) is 0.802. The number of phenolic OH excluding ortho intramolecular Hbond substituents is 1. The van der Waals surface area contributed by atoms with Crippen molar-refractivity contribution in [3.8, 4) is 5.75 Å². The fourth-order valence-electron chi connectivity index (χ4n) is 1.03. The van der Waals surface area contributed by atoms with Crippen molar-refractivity contribution in [3.63, 3.8) is 0 Å². The normalized spacial score (nSPS) is 12.9. The molecule has 0 bridgehead atoms. The maximum absolute atomic E-state index is 13.0. The number of aromatic hydroxyl groups is 1. The highest BCUT2D eigenvalue weighted by molar-refractivity contribution is 5.38. The Kier molecular flexibility index (Phi) is 2.97. The maximum Gasteiger partial charge on any atom is 0.168 e. The molecule has 1 atom stereocenters. The molecule has 0 saturated carbocycles. The van der Waals surface area contributed by atoms with E-state index in [1.54, 1.807) is 0 Å².